The van der Waals surface area contributed by atoms with Crippen molar-refractivity contribution in [2.45, 2.75) is 6.18 Å². The Bertz CT molecular complexity index is 778. The minimum Gasteiger partial charge on any atom is -0.493 e. The summed E-state index contributed by atoms with van der Waals surface area (Å²) < 4.78 is 44.5. The Morgan fingerprint density at radius 3 is 2.38 bits per heavy atom. The second kappa shape index (κ2) is 4.76. The molecule has 0 aliphatic carbocycles. The molecule has 0 saturated heterocycles. The third-order valence-corrected chi connectivity index (χ3v) is 3.09. The zero-order chi connectivity index (χ0) is 15.0. The van der Waals surface area contributed by atoms with Crippen LogP contribution in [0.1, 0.15) is 5.56 Å². The number of rotatable bonds is 2. The van der Waals surface area contributed by atoms with E-state index in [2.05, 4.69) is 10.2 Å². The minimum atomic E-state index is -4.35. The SMILES string of the molecule is COc1cccn2c(-c3ccc(C(F)(F)F)cc3)nnc12. The Morgan fingerprint density at radius 1 is 1.05 bits per heavy atom. The van der Waals surface area contributed by atoms with Crippen molar-refractivity contribution >= 4 is 5.65 Å². The van der Waals surface area contributed by atoms with Gasteiger partial charge >= 0.3 is 6.18 Å². The number of aromatic nitrogens is 3. The van der Waals surface area contributed by atoms with Gasteiger partial charge in [-0.15, -0.1) is 10.2 Å². The molecule has 2 aromatic heterocycles. The summed E-state index contributed by atoms with van der Waals surface area (Å²) in [5, 5.41) is 8.02. The first-order valence-corrected chi connectivity index (χ1v) is 6.06. The summed E-state index contributed by atoms with van der Waals surface area (Å²) in [6.45, 7) is 0. The summed E-state index contributed by atoms with van der Waals surface area (Å²) in [4.78, 5) is 0. The number of alkyl halides is 3. The zero-order valence-electron chi connectivity index (χ0n) is 10.9. The Hall–Kier alpha value is -2.57. The molecule has 0 N–H and O–H groups in total. The van der Waals surface area contributed by atoms with Crippen LogP contribution in [-0.4, -0.2) is 21.7 Å². The number of fused-ring (bicyclic) bond motifs is 1. The third kappa shape index (κ3) is 2.31. The molecule has 0 aliphatic heterocycles. The first kappa shape index (κ1) is 13.4. The molecule has 0 spiro atoms. The standard InChI is InChI=1S/C14H10F3N3O/c1-21-11-3-2-8-20-12(18-19-13(11)20)9-4-6-10(7-5-9)14(15,16)17/h2-8H,1H3. The Kier molecular flexibility index (Phi) is 3.04. The van der Waals surface area contributed by atoms with Crippen molar-refractivity contribution in [3.05, 3.63) is 48.2 Å². The van der Waals surface area contributed by atoms with Crippen LogP contribution in [-0.2, 0) is 6.18 Å². The van der Waals surface area contributed by atoms with Gasteiger partial charge in [-0.1, -0.05) is 12.1 Å². The maximum absolute atomic E-state index is 12.6. The highest BCUT2D eigenvalue weighted by molar-refractivity contribution is 5.63. The molecule has 0 atom stereocenters. The van der Waals surface area contributed by atoms with Gasteiger partial charge in [0.05, 0.1) is 12.7 Å². The van der Waals surface area contributed by atoms with Crippen LogP contribution in [0.25, 0.3) is 17.0 Å². The highest BCUT2D eigenvalue weighted by Gasteiger charge is 2.30. The molecular formula is C14H10F3N3O. The van der Waals surface area contributed by atoms with E-state index < -0.39 is 11.7 Å². The summed E-state index contributed by atoms with van der Waals surface area (Å²) in [6, 6.07) is 8.29. The number of hydrogen-bond acceptors (Lipinski definition) is 3. The quantitative estimate of drug-likeness (QED) is 0.726. The molecule has 0 amide bonds. The smallest absolute Gasteiger partial charge is 0.416 e. The fourth-order valence-corrected chi connectivity index (χ4v) is 2.06. The van der Waals surface area contributed by atoms with E-state index in [0.29, 0.717) is 22.8 Å². The highest BCUT2D eigenvalue weighted by Crippen LogP contribution is 2.31. The lowest BCUT2D eigenvalue weighted by molar-refractivity contribution is -0.137. The van der Waals surface area contributed by atoms with Gasteiger partial charge in [-0.05, 0) is 24.3 Å². The lowest BCUT2D eigenvalue weighted by Gasteiger charge is -2.07. The second-order valence-corrected chi connectivity index (χ2v) is 4.37. The maximum atomic E-state index is 12.6. The monoisotopic (exact) mass is 293 g/mol. The van der Waals surface area contributed by atoms with E-state index in [1.807, 2.05) is 0 Å². The summed E-state index contributed by atoms with van der Waals surface area (Å²) >= 11 is 0. The Morgan fingerprint density at radius 2 is 1.76 bits per heavy atom. The van der Waals surface area contributed by atoms with Gasteiger partial charge in [0.1, 0.15) is 0 Å². The van der Waals surface area contributed by atoms with Crippen LogP contribution >= 0.6 is 0 Å². The van der Waals surface area contributed by atoms with Gasteiger partial charge in [-0.25, -0.2) is 0 Å². The van der Waals surface area contributed by atoms with Crippen LogP contribution in [0, 0.1) is 0 Å². The van der Waals surface area contributed by atoms with Crippen molar-refractivity contribution in [1.29, 1.82) is 0 Å². The molecule has 0 aliphatic rings. The van der Waals surface area contributed by atoms with Crippen LogP contribution in [0.15, 0.2) is 42.6 Å². The van der Waals surface area contributed by atoms with Gasteiger partial charge in [0.15, 0.2) is 11.6 Å². The normalized spacial score (nSPS) is 11.8. The predicted molar refractivity (Wildman–Crippen MR) is 70.0 cm³/mol. The van der Waals surface area contributed by atoms with E-state index >= 15 is 0 Å². The largest absolute Gasteiger partial charge is 0.493 e. The van der Waals surface area contributed by atoms with Gasteiger partial charge in [-0.2, -0.15) is 13.2 Å². The number of halogens is 3. The van der Waals surface area contributed by atoms with Crippen LogP contribution in [0.4, 0.5) is 13.2 Å². The van der Waals surface area contributed by atoms with Crippen molar-refractivity contribution in [3.63, 3.8) is 0 Å². The zero-order valence-corrected chi connectivity index (χ0v) is 10.9. The molecule has 0 unspecified atom stereocenters. The summed E-state index contributed by atoms with van der Waals surface area (Å²) in [5.74, 6) is 1.00. The number of methoxy groups -OCH3 is 1. The second-order valence-electron chi connectivity index (χ2n) is 4.37. The van der Waals surface area contributed by atoms with Crippen molar-refractivity contribution < 1.29 is 17.9 Å². The van der Waals surface area contributed by atoms with Crippen LogP contribution < -0.4 is 4.74 Å². The molecule has 4 nitrogen and oxygen atoms in total. The van der Waals surface area contributed by atoms with E-state index in [9.17, 15) is 13.2 Å². The molecule has 3 rings (SSSR count). The van der Waals surface area contributed by atoms with Crippen LogP contribution in [0.5, 0.6) is 5.75 Å². The molecule has 108 valence electrons. The van der Waals surface area contributed by atoms with Gasteiger partial charge < -0.3 is 4.74 Å². The first-order valence-electron chi connectivity index (χ1n) is 6.06. The molecule has 21 heavy (non-hydrogen) atoms. The molecule has 0 bridgehead atoms. The molecule has 1 aromatic carbocycles. The van der Waals surface area contributed by atoms with E-state index in [1.165, 1.54) is 19.2 Å². The molecule has 3 aromatic rings. The molecular weight excluding hydrogens is 283 g/mol. The van der Waals surface area contributed by atoms with Crippen molar-refractivity contribution in [2.24, 2.45) is 0 Å². The fraction of sp³-hybridized carbons (Fsp3) is 0.143. The maximum Gasteiger partial charge on any atom is 0.416 e. The number of benzene rings is 1. The first-order chi connectivity index (χ1) is 10.0. The molecule has 7 heteroatoms. The minimum absolute atomic E-state index is 0.456. The van der Waals surface area contributed by atoms with Crippen molar-refractivity contribution in [2.75, 3.05) is 7.11 Å². The lowest BCUT2D eigenvalue weighted by Crippen LogP contribution is -2.04. The van der Waals surface area contributed by atoms with Gasteiger partial charge in [0.25, 0.3) is 0 Å². The topological polar surface area (TPSA) is 39.4 Å². The molecule has 0 saturated carbocycles. The van der Waals surface area contributed by atoms with E-state index in [0.717, 1.165) is 12.1 Å². The summed E-state index contributed by atoms with van der Waals surface area (Å²) in [7, 11) is 1.52. The highest BCUT2D eigenvalue weighted by atomic mass is 19.4. The lowest BCUT2D eigenvalue weighted by atomic mass is 10.1. The molecule has 0 fully saturated rings. The average molecular weight is 293 g/mol. The summed E-state index contributed by atoms with van der Waals surface area (Å²) in [6.07, 6.45) is -2.63. The number of ether oxygens (including phenoxy) is 1. The Balaban J connectivity index is 2.09. The van der Waals surface area contributed by atoms with Crippen LogP contribution in [0.3, 0.4) is 0 Å². The summed E-state index contributed by atoms with van der Waals surface area (Å²) in [5.41, 5.74) is 0.358. The predicted octanol–water partition coefficient (Wildman–Crippen LogP) is 3.42. The molecule has 0 radical (unpaired) electrons. The fourth-order valence-electron chi connectivity index (χ4n) is 2.06. The van der Waals surface area contributed by atoms with Gasteiger partial charge in [0.2, 0.25) is 5.65 Å². The Labute approximate surface area is 117 Å². The van der Waals surface area contributed by atoms with E-state index in [-0.39, 0.29) is 0 Å². The number of nitrogens with zero attached hydrogens (tertiary/aromatic N) is 3. The van der Waals surface area contributed by atoms with Crippen molar-refractivity contribution in [3.8, 4) is 17.1 Å². The van der Waals surface area contributed by atoms with Crippen molar-refractivity contribution in [1.82, 2.24) is 14.6 Å². The third-order valence-electron chi connectivity index (χ3n) is 3.09. The van der Waals surface area contributed by atoms with Crippen LogP contribution in [0.2, 0.25) is 0 Å². The number of pyridine rings is 1. The molecule has 2 heterocycles. The number of hydrogen-bond donors (Lipinski definition) is 0. The average Bonchev–Trinajstić information content (AvgIpc) is 2.90. The van der Waals surface area contributed by atoms with Gasteiger partial charge in [0, 0.05) is 11.8 Å². The van der Waals surface area contributed by atoms with E-state index in [4.69, 9.17) is 4.74 Å². The van der Waals surface area contributed by atoms with E-state index in [1.54, 1.807) is 22.7 Å². The van der Waals surface area contributed by atoms with Gasteiger partial charge in [-0.3, -0.25) is 4.40 Å².